The van der Waals surface area contributed by atoms with Crippen molar-refractivity contribution in [3.05, 3.63) is 12.3 Å². The van der Waals surface area contributed by atoms with Crippen LogP contribution in [0.1, 0.15) is 20.8 Å². The molecule has 2 nitrogen and oxygen atoms in total. The van der Waals surface area contributed by atoms with E-state index < -0.39 is 0 Å². The van der Waals surface area contributed by atoms with Gasteiger partial charge in [-0.3, -0.25) is 0 Å². The van der Waals surface area contributed by atoms with Gasteiger partial charge in [0.1, 0.15) is 0 Å². The van der Waals surface area contributed by atoms with Crippen molar-refractivity contribution in [1.82, 2.24) is 5.32 Å². The predicted octanol–water partition coefficient (Wildman–Crippen LogP) is 1.53. The largest absolute Gasteiger partial charge is 0.384 e. The smallest absolute Gasteiger partial charge is 0.0741 e. The first-order valence-corrected chi connectivity index (χ1v) is 3.52. The Kier molecular flexibility index (Phi) is 4.12. The monoisotopic (exact) mass is 143 g/mol. The summed E-state index contributed by atoms with van der Waals surface area (Å²) in [6.45, 7) is 9.79. The molecular weight excluding hydrogens is 126 g/mol. The van der Waals surface area contributed by atoms with Crippen molar-refractivity contribution in [2.45, 2.75) is 32.9 Å². The first kappa shape index (κ1) is 9.50. The zero-order chi connectivity index (χ0) is 8.15. The van der Waals surface area contributed by atoms with Gasteiger partial charge in [-0.2, -0.15) is 0 Å². The van der Waals surface area contributed by atoms with Gasteiger partial charge in [0, 0.05) is 18.8 Å². The number of nitrogens with one attached hydrogen (secondary N) is 1. The second kappa shape index (κ2) is 4.34. The van der Waals surface area contributed by atoms with Crippen molar-refractivity contribution in [1.29, 1.82) is 0 Å². The number of hydrogen-bond donors (Lipinski definition) is 1. The summed E-state index contributed by atoms with van der Waals surface area (Å²) < 4.78 is 5.11. The Balaban J connectivity index is 3.61. The first-order chi connectivity index (χ1) is 4.57. The van der Waals surface area contributed by atoms with Crippen LogP contribution in [-0.4, -0.2) is 19.3 Å². The van der Waals surface area contributed by atoms with Crippen molar-refractivity contribution in [3.63, 3.8) is 0 Å². The van der Waals surface area contributed by atoms with Crippen LogP contribution in [0.4, 0.5) is 0 Å². The highest BCUT2D eigenvalue weighted by Gasteiger charge is 2.08. The standard InChI is InChI=1S/C8H17NO/c1-6(2)9-7(3)8(4)10-5/h7-9H,1H2,2-5H3. The fraction of sp³-hybridized carbons (Fsp3) is 0.750. The van der Waals surface area contributed by atoms with Crippen LogP contribution < -0.4 is 5.32 Å². The van der Waals surface area contributed by atoms with Crippen molar-refractivity contribution in [2.24, 2.45) is 0 Å². The summed E-state index contributed by atoms with van der Waals surface area (Å²) in [6, 6.07) is 0.336. The van der Waals surface area contributed by atoms with E-state index in [2.05, 4.69) is 18.8 Å². The normalized spacial score (nSPS) is 16.0. The summed E-state index contributed by atoms with van der Waals surface area (Å²) in [7, 11) is 1.71. The lowest BCUT2D eigenvalue weighted by molar-refractivity contribution is 0.0921. The summed E-state index contributed by atoms with van der Waals surface area (Å²) in [6.07, 6.45) is 0.233. The van der Waals surface area contributed by atoms with Gasteiger partial charge in [0.05, 0.1) is 6.10 Å². The van der Waals surface area contributed by atoms with E-state index >= 15 is 0 Å². The summed E-state index contributed by atoms with van der Waals surface area (Å²) in [5.74, 6) is 0. The van der Waals surface area contributed by atoms with Crippen LogP contribution in [0.25, 0.3) is 0 Å². The van der Waals surface area contributed by atoms with Crippen LogP contribution in [0.15, 0.2) is 12.3 Å². The molecule has 1 N–H and O–H groups in total. The third kappa shape index (κ3) is 3.51. The molecule has 0 radical (unpaired) electrons. The topological polar surface area (TPSA) is 21.3 Å². The van der Waals surface area contributed by atoms with Gasteiger partial charge in [-0.15, -0.1) is 0 Å². The second-order valence-corrected chi connectivity index (χ2v) is 2.65. The summed E-state index contributed by atoms with van der Waals surface area (Å²) in [5, 5.41) is 3.17. The first-order valence-electron chi connectivity index (χ1n) is 3.52. The molecule has 0 aromatic carbocycles. The lowest BCUT2D eigenvalue weighted by Gasteiger charge is -2.20. The van der Waals surface area contributed by atoms with E-state index in [1.807, 2.05) is 13.8 Å². The molecule has 2 heteroatoms. The number of hydrogen-bond acceptors (Lipinski definition) is 2. The van der Waals surface area contributed by atoms with Gasteiger partial charge >= 0.3 is 0 Å². The number of ether oxygens (including phenoxy) is 1. The van der Waals surface area contributed by atoms with Crippen LogP contribution in [0.2, 0.25) is 0 Å². The summed E-state index contributed by atoms with van der Waals surface area (Å²) in [4.78, 5) is 0. The molecule has 60 valence electrons. The highest BCUT2D eigenvalue weighted by atomic mass is 16.5. The van der Waals surface area contributed by atoms with Crippen LogP contribution >= 0.6 is 0 Å². The second-order valence-electron chi connectivity index (χ2n) is 2.65. The van der Waals surface area contributed by atoms with Gasteiger partial charge in [0.15, 0.2) is 0 Å². The maximum Gasteiger partial charge on any atom is 0.0741 e. The molecule has 0 amide bonds. The molecule has 0 spiro atoms. The van der Waals surface area contributed by atoms with Gasteiger partial charge in [0.25, 0.3) is 0 Å². The van der Waals surface area contributed by atoms with Gasteiger partial charge in [-0.1, -0.05) is 6.58 Å². The summed E-state index contributed by atoms with van der Waals surface area (Å²) in [5.41, 5.74) is 0.983. The Morgan fingerprint density at radius 3 is 2.30 bits per heavy atom. The molecule has 0 aromatic rings. The van der Waals surface area contributed by atoms with Crippen molar-refractivity contribution >= 4 is 0 Å². The fourth-order valence-corrected chi connectivity index (χ4v) is 0.710. The molecule has 0 aliphatic heterocycles. The van der Waals surface area contributed by atoms with Crippen LogP contribution in [-0.2, 0) is 4.74 Å². The van der Waals surface area contributed by atoms with Crippen molar-refractivity contribution in [2.75, 3.05) is 7.11 Å². The van der Waals surface area contributed by atoms with Crippen molar-refractivity contribution in [3.8, 4) is 0 Å². The van der Waals surface area contributed by atoms with E-state index in [0.29, 0.717) is 6.04 Å². The Morgan fingerprint density at radius 1 is 1.50 bits per heavy atom. The molecule has 0 saturated carbocycles. The van der Waals surface area contributed by atoms with Crippen molar-refractivity contribution < 1.29 is 4.74 Å². The molecule has 0 heterocycles. The molecule has 0 aliphatic carbocycles. The average Bonchev–Trinajstić information content (AvgIpc) is 1.85. The lowest BCUT2D eigenvalue weighted by atomic mass is 10.2. The maximum absolute atomic E-state index is 5.11. The number of rotatable bonds is 4. The molecule has 0 aromatic heterocycles. The van der Waals surface area contributed by atoms with E-state index in [4.69, 9.17) is 4.74 Å². The summed E-state index contributed by atoms with van der Waals surface area (Å²) >= 11 is 0. The molecule has 2 unspecified atom stereocenters. The Morgan fingerprint density at radius 2 is 2.00 bits per heavy atom. The van der Waals surface area contributed by atoms with Crippen LogP contribution in [0.3, 0.4) is 0 Å². The Hall–Kier alpha value is -0.500. The molecule has 0 rings (SSSR count). The molecule has 0 aliphatic rings. The highest BCUT2D eigenvalue weighted by Crippen LogP contribution is 1.97. The fourth-order valence-electron chi connectivity index (χ4n) is 0.710. The van der Waals surface area contributed by atoms with Gasteiger partial charge in [-0.25, -0.2) is 0 Å². The molecular formula is C8H17NO. The van der Waals surface area contributed by atoms with Gasteiger partial charge in [0.2, 0.25) is 0 Å². The minimum Gasteiger partial charge on any atom is -0.384 e. The molecule has 0 bridgehead atoms. The molecule has 0 saturated heterocycles. The third-order valence-electron chi connectivity index (χ3n) is 1.55. The lowest BCUT2D eigenvalue weighted by Crippen LogP contribution is -2.35. The van der Waals surface area contributed by atoms with Gasteiger partial charge < -0.3 is 10.1 Å². The quantitative estimate of drug-likeness (QED) is 0.644. The van der Waals surface area contributed by atoms with E-state index in [1.165, 1.54) is 0 Å². The SMILES string of the molecule is C=C(C)NC(C)C(C)OC. The third-order valence-corrected chi connectivity index (χ3v) is 1.55. The molecule has 10 heavy (non-hydrogen) atoms. The zero-order valence-corrected chi connectivity index (χ0v) is 7.27. The van der Waals surface area contributed by atoms with Gasteiger partial charge in [-0.05, 0) is 20.8 Å². The number of allylic oxidation sites excluding steroid dienone is 1. The van der Waals surface area contributed by atoms with E-state index in [1.54, 1.807) is 7.11 Å². The highest BCUT2D eigenvalue weighted by molar-refractivity contribution is 4.88. The molecule has 2 atom stereocenters. The van der Waals surface area contributed by atoms with Crippen LogP contribution in [0, 0.1) is 0 Å². The van der Waals surface area contributed by atoms with E-state index in [9.17, 15) is 0 Å². The Labute approximate surface area is 63.3 Å². The zero-order valence-electron chi connectivity index (χ0n) is 7.27. The Bertz CT molecular complexity index is 112. The van der Waals surface area contributed by atoms with Crippen LogP contribution in [0.5, 0.6) is 0 Å². The average molecular weight is 143 g/mol. The van der Waals surface area contributed by atoms with E-state index in [-0.39, 0.29) is 6.10 Å². The number of methoxy groups -OCH3 is 1. The minimum atomic E-state index is 0.233. The predicted molar refractivity (Wildman–Crippen MR) is 43.9 cm³/mol. The van der Waals surface area contributed by atoms with E-state index in [0.717, 1.165) is 5.70 Å². The molecule has 0 fully saturated rings. The maximum atomic E-state index is 5.11. The minimum absolute atomic E-state index is 0.233.